The molecule has 3 fully saturated rings. The quantitative estimate of drug-likeness (QED) is 0.629. The van der Waals surface area contributed by atoms with Gasteiger partial charge in [0, 0.05) is 24.7 Å². The Labute approximate surface area is 127 Å². The van der Waals surface area contributed by atoms with Crippen LogP contribution < -0.4 is 0 Å². The number of Topliss-reactive ketones (excluding diaryl/α,β-unsaturated/α-hetero) is 2. The van der Waals surface area contributed by atoms with Gasteiger partial charge in [-0.25, -0.2) is 0 Å². The second-order valence-electron chi connectivity index (χ2n) is 8.39. The van der Waals surface area contributed by atoms with Crippen LogP contribution in [0, 0.1) is 28.6 Å². The Balaban J connectivity index is 1.68. The monoisotopic (exact) mass is 286 g/mol. The highest BCUT2D eigenvalue weighted by Crippen LogP contribution is 2.63. The zero-order chi connectivity index (χ0) is 14.8. The van der Waals surface area contributed by atoms with Crippen LogP contribution in [0.25, 0.3) is 0 Å². The molecule has 0 spiro atoms. The van der Waals surface area contributed by atoms with Gasteiger partial charge < -0.3 is 0 Å². The van der Waals surface area contributed by atoms with Gasteiger partial charge in [-0.3, -0.25) is 9.59 Å². The van der Waals surface area contributed by atoms with Crippen molar-refractivity contribution in [3.63, 3.8) is 0 Å². The largest absolute Gasteiger partial charge is 0.300 e. The Morgan fingerprint density at radius 3 is 2.71 bits per heavy atom. The van der Waals surface area contributed by atoms with E-state index in [9.17, 15) is 9.59 Å². The van der Waals surface area contributed by atoms with E-state index in [1.165, 1.54) is 24.8 Å². The zero-order valence-electron chi connectivity index (χ0n) is 13.3. The van der Waals surface area contributed by atoms with Crippen LogP contribution in [0.4, 0.5) is 0 Å². The number of ketones is 2. The molecule has 0 radical (unpaired) electrons. The van der Waals surface area contributed by atoms with Crippen LogP contribution in [-0.2, 0) is 9.59 Å². The molecule has 0 N–H and O–H groups in total. The summed E-state index contributed by atoms with van der Waals surface area (Å²) in [7, 11) is 0. The van der Waals surface area contributed by atoms with Gasteiger partial charge in [0.2, 0.25) is 0 Å². The maximum absolute atomic E-state index is 12.3. The van der Waals surface area contributed by atoms with E-state index >= 15 is 0 Å². The third kappa shape index (κ3) is 1.71. The molecule has 3 saturated carbocycles. The van der Waals surface area contributed by atoms with Crippen molar-refractivity contribution in [2.24, 2.45) is 28.6 Å². The van der Waals surface area contributed by atoms with Crippen LogP contribution in [0.3, 0.4) is 0 Å². The Hall–Kier alpha value is -0.920. The molecule has 0 bridgehead atoms. The lowest BCUT2D eigenvalue weighted by molar-refractivity contribution is -0.133. The maximum Gasteiger partial charge on any atom is 0.146 e. The molecule has 0 aromatic carbocycles. The van der Waals surface area contributed by atoms with Crippen molar-refractivity contribution in [3.05, 3.63) is 11.6 Å². The third-order valence-electron chi connectivity index (χ3n) is 7.62. The van der Waals surface area contributed by atoms with Crippen molar-refractivity contribution < 1.29 is 9.59 Å². The fourth-order valence-corrected chi connectivity index (χ4v) is 6.19. The van der Waals surface area contributed by atoms with Gasteiger partial charge in [0.25, 0.3) is 0 Å². The molecule has 0 saturated heterocycles. The molecule has 2 heteroatoms. The summed E-state index contributed by atoms with van der Waals surface area (Å²) in [4.78, 5) is 24.2. The fraction of sp³-hybridized carbons (Fsp3) is 0.789. The topological polar surface area (TPSA) is 34.1 Å². The number of rotatable bonds is 0. The summed E-state index contributed by atoms with van der Waals surface area (Å²) >= 11 is 0. The normalized spacial score (nSPS) is 49.2. The molecule has 4 rings (SSSR count). The minimum absolute atomic E-state index is 0.144. The number of carbonyl (C=O) groups excluding carboxylic acids is 2. The molecule has 21 heavy (non-hydrogen) atoms. The van der Waals surface area contributed by atoms with E-state index in [4.69, 9.17) is 0 Å². The van der Waals surface area contributed by atoms with Crippen LogP contribution in [0.15, 0.2) is 11.6 Å². The molecule has 0 heterocycles. The fourth-order valence-electron chi connectivity index (χ4n) is 6.19. The van der Waals surface area contributed by atoms with E-state index in [0.717, 1.165) is 25.7 Å². The lowest BCUT2D eigenvalue weighted by atomic mass is 9.46. The Kier molecular flexibility index (Phi) is 2.81. The summed E-state index contributed by atoms with van der Waals surface area (Å²) in [6.07, 6.45) is 10.2. The standard InChI is InChI=1S/C19H26O2/c1-18-9-7-13(20)11-12(18)3-4-14-15-5-6-17(21)19(15,2)10-8-16(14)18/h5,12,14,16H,3-4,6-11H2,1-2H3. The van der Waals surface area contributed by atoms with Gasteiger partial charge in [-0.15, -0.1) is 0 Å². The number of allylic oxidation sites excluding steroid dienone is 2. The average molecular weight is 286 g/mol. The molecular formula is C19H26O2. The van der Waals surface area contributed by atoms with Gasteiger partial charge in [0.05, 0.1) is 0 Å². The highest BCUT2D eigenvalue weighted by atomic mass is 16.1. The maximum atomic E-state index is 12.3. The van der Waals surface area contributed by atoms with E-state index in [1.807, 2.05) is 0 Å². The minimum Gasteiger partial charge on any atom is -0.300 e. The summed E-state index contributed by atoms with van der Waals surface area (Å²) < 4.78 is 0. The molecule has 0 aromatic heterocycles. The number of hydrogen-bond donors (Lipinski definition) is 0. The molecule has 2 nitrogen and oxygen atoms in total. The van der Waals surface area contributed by atoms with Gasteiger partial charge in [-0.05, 0) is 62.2 Å². The molecule has 5 unspecified atom stereocenters. The van der Waals surface area contributed by atoms with E-state index < -0.39 is 0 Å². The van der Waals surface area contributed by atoms with Crippen LogP contribution in [0.5, 0.6) is 0 Å². The van der Waals surface area contributed by atoms with E-state index in [-0.39, 0.29) is 5.41 Å². The van der Waals surface area contributed by atoms with Crippen LogP contribution in [-0.4, -0.2) is 11.6 Å². The summed E-state index contributed by atoms with van der Waals surface area (Å²) in [5, 5.41) is 0. The number of carbonyl (C=O) groups is 2. The van der Waals surface area contributed by atoms with Gasteiger partial charge in [0.15, 0.2) is 0 Å². The predicted molar refractivity (Wildman–Crippen MR) is 81.7 cm³/mol. The van der Waals surface area contributed by atoms with E-state index in [0.29, 0.717) is 41.2 Å². The SMILES string of the molecule is CC12CCC3C(CCC4CC(=O)CCC43C)C1=CCC2=O. The van der Waals surface area contributed by atoms with E-state index in [1.54, 1.807) is 0 Å². The first-order valence-corrected chi connectivity index (χ1v) is 8.71. The van der Waals surface area contributed by atoms with Gasteiger partial charge in [-0.2, -0.15) is 0 Å². The van der Waals surface area contributed by atoms with Crippen molar-refractivity contribution in [1.29, 1.82) is 0 Å². The second-order valence-corrected chi connectivity index (χ2v) is 8.39. The second kappa shape index (κ2) is 4.30. The lowest BCUT2D eigenvalue weighted by Crippen LogP contribution is -2.51. The molecule has 0 aromatic rings. The first-order chi connectivity index (χ1) is 9.95. The first-order valence-electron chi connectivity index (χ1n) is 8.71. The summed E-state index contributed by atoms with van der Waals surface area (Å²) in [6.45, 7) is 4.63. The number of fused-ring (bicyclic) bond motifs is 5. The molecular weight excluding hydrogens is 260 g/mol. The molecule has 0 aliphatic heterocycles. The molecule has 5 atom stereocenters. The molecule has 114 valence electrons. The highest BCUT2D eigenvalue weighted by molar-refractivity contribution is 5.92. The minimum atomic E-state index is -0.144. The van der Waals surface area contributed by atoms with Crippen LogP contribution in [0.2, 0.25) is 0 Å². The van der Waals surface area contributed by atoms with Crippen molar-refractivity contribution in [2.75, 3.05) is 0 Å². The average Bonchev–Trinajstić information content (AvgIpc) is 2.76. The van der Waals surface area contributed by atoms with Crippen molar-refractivity contribution in [2.45, 2.75) is 65.2 Å². The van der Waals surface area contributed by atoms with E-state index in [2.05, 4.69) is 19.9 Å². The summed E-state index contributed by atoms with van der Waals surface area (Å²) in [5.41, 5.74) is 1.67. The van der Waals surface area contributed by atoms with Crippen LogP contribution in [0.1, 0.15) is 65.2 Å². The Morgan fingerprint density at radius 2 is 1.90 bits per heavy atom. The summed E-state index contributed by atoms with van der Waals surface area (Å²) in [6, 6.07) is 0. The lowest BCUT2D eigenvalue weighted by Gasteiger charge is -2.57. The molecule has 0 amide bonds. The van der Waals surface area contributed by atoms with Gasteiger partial charge >= 0.3 is 0 Å². The molecule has 4 aliphatic rings. The highest BCUT2D eigenvalue weighted by Gasteiger charge is 2.57. The summed E-state index contributed by atoms with van der Waals surface area (Å²) in [5.74, 6) is 2.84. The van der Waals surface area contributed by atoms with Crippen LogP contribution >= 0.6 is 0 Å². The van der Waals surface area contributed by atoms with Crippen molar-refractivity contribution >= 4 is 11.6 Å². The van der Waals surface area contributed by atoms with Gasteiger partial charge in [-0.1, -0.05) is 18.6 Å². The Bertz CT molecular complexity index is 546. The predicted octanol–water partition coefficient (Wildman–Crippen LogP) is 4.09. The number of hydrogen-bond acceptors (Lipinski definition) is 2. The van der Waals surface area contributed by atoms with Crippen molar-refractivity contribution in [3.8, 4) is 0 Å². The zero-order valence-corrected chi connectivity index (χ0v) is 13.3. The molecule has 4 aliphatic carbocycles. The smallest absolute Gasteiger partial charge is 0.146 e. The van der Waals surface area contributed by atoms with Gasteiger partial charge in [0.1, 0.15) is 11.6 Å². The third-order valence-corrected chi connectivity index (χ3v) is 7.62. The first kappa shape index (κ1) is 13.7. The van der Waals surface area contributed by atoms with Crippen molar-refractivity contribution in [1.82, 2.24) is 0 Å². The Morgan fingerprint density at radius 1 is 1.10 bits per heavy atom.